The lowest BCUT2D eigenvalue weighted by Gasteiger charge is -2.22. The van der Waals surface area contributed by atoms with Crippen LogP contribution in [0.1, 0.15) is 6.92 Å². The van der Waals surface area contributed by atoms with E-state index in [9.17, 15) is 0 Å². The van der Waals surface area contributed by atoms with E-state index in [4.69, 9.17) is 0 Å². The van der Waals surface area contributed by atoms with Crippen molar-refractivity contribution >= 4 is 49.0 Å². The number of hydrogen-bond donors (Lipinski definition) is 1. The molecule has 10 heteroatoms. The quantitative estimate of drug-likeness (QED) is 0.267. The van der Waals surface area contributed by atoms with Crippen molar-refractivity contribution in [3.63, 3.8) is 0 Å². The first-order valence-corrected chi connectivity index (χ1v) is 11.0. The van der Waals surface area contributed by atoms with Gasteiger partial charge in [-0.05, 0) is 43.3 Å². The van der Waals surface area contributed by atoms with Crippen LogP contribution in [0.25, 0.3) is 21.1 Å². The molecule has 0 saturated carbocycles. The van der Waals surface area contributed by atoms with Gasteiger partial charge in [0, 0.05) is 17.6 Å². The summed E-state index contributed by atoms with van der Waals surface area (Å²) in [7, 11) is 2.04. The van der Waals surface area contributed by atoms with E-state index in [2.05, 4.69) is 83.3 Å². The first kappa shape index (κ1) is 22.1. The number of halogens is 1. The van der Waals surface area contributed by atoms with Gasteiger partial charge in [0.25, 0.3) is 0 Å². The number of rotatable bonds is 7. The van der Waals surface area contributed by atoms with Crippen molar-refractivity contribution < 1.29 is 21.5 Å². The van der Waals surface area contributed by atoms with Crippen molar-refractivity contribution in [1.82, 2.24) is 19.7 Å². The van der Waals surface area contributed by atoms with Gasteiger partial charge in [-0.2, -0.15) is 5.10 Å². The second-order valence-corrected chi connectivity index (χ2v) is 8.40. The highest BCUT2D eigenvalue weighted by Gasteiger charge is 2.08. The predicted octanol–water partition coefficient (Wildman–Crippen LogP) is 1.74. The van der Waals surface area contributed by atoms with Crippen molar-refractivity contribution in [1.29, 1.82) is 0 Å². The molecule has 164 valence electrons. The fourth-order valence-electron chi connectivity index (χ4n) is 3.57. The predicted molar refractivity (Wildman–Crippen MR) is 123 cm³/mol. The topological polar surface area (TPSA) is 78.3 Å². The van der Waals surface area contributed by atoms with Gasteiger partial charge >= 0.3 is 0 Å². The highest BCUT2D eigenvalue weighted by Crippen LogP contribution is 2.32. The molecule has 3 aromatic heterocycles. The summed E-state index contributed by atoms with van der Waals surface area (Å²) in [6.07, 6.45) is 8.06. The van der Waals surface area contributed by atoms with Gasteiger partial charge in [-0.3, -0.25) is 5.10 Å². The number of anilines is 1. The number of fused-ring (bicyclic) bond motifs is 2. The van der Waals surface area contributed by atoms with Gasteiger partial charge in [0.1, 0.15) is 18.9 Å². The molecule has 0 aliphatic carbocycles. The minimum Gasteiger partial charge on any atom is -1.00 e. The number of hydrogen-bond acceptors (Lipinski definition) is 6. The van der Waals surface area contributed by atoms with Gasteiger partial charge in [-0.1, -0.05) is 11.3 Å². The van der Waals surface area contributed by atoms with E-state index in [0.29, 0.717) is 5.13 Å². The summed E-state index contributed by atoms with van der Waals surface area (Å²) in [5.41, 5.74) is 3.87. The van der Waals surface area contributed by atoms with Crippen LogP contribution in [0, 0.1) is 0 Å². The molecule has 0 bridgehead atoms. The first-order valence-electron chi connectivity index (χ1n) is 10.2. The lowest BCUT2D eigenvalue weighted by molar-refractivity contribution is -0.671. The Morgan fingerprint density at radius 3 is 2.78 bits per heavy atom. The van der Waals surface area contributed by atoms with E-state index < -0.39 is 0 Å². The Balaban J connectivity index is 0.00000245. The molecule has 0 aliphatic rings. The number of likely N-dealkylation sites (N-methyl/N-ethyl adjacent to an activating group) is 1. The molecule has 0 spiro atoms. The molecule has 0 unspecified atom stereocenters. The van der Waals surface area contributed by atoms with Gasteiger partial charge in [-0.15, -0.1) is 10.2 Å². The van der Waals surface area contributed by atoms with Crippen LogP contribution in [0.4, 0.5) is 16.5 Å². The van der Waals surface area contributed by atoms with Crippen LogP contribution in [0.3, 0.4) is 0 Å². The summed E-state index contributed by atoms with van der Waals surface area (Å²) < 4.78 is 5.33. The Labute approximate surface area is 200 Å². The van der Waals surface area contributed by atoms with Crippen molar-refractivity contribution in [2.24, 2.45) is 17.3 Å². The van der Waals surface area contributed by atoms with E-state index in [1.165, 1.54) is 17.0 Å². The summed E-state index contributed by atoms with van der Waals surface area (Å²) in [6, 6.07) is 12.3. The Kier molecular flexibility index (Phi) is 6.61. The summed E-state index contributed by atoms with van der Waals surface area (Å²) in [6.45, 7) is 5.01. The zero-order valence-electron chi connectivity index (χ0n) is 17.8. The number of aromatic nitrogens is 5. The fraction of sp³-hybridized carbons (Fsp3) is 0.227. The molecule has 0 saturated heterocycles. The second-order valence-electron chi connectivity index (χ2n) is 7.39. The molecule has 0 aliphatic heterocycles. The van der Waals surface area contributed by atoms with Gasteiger partial charge in [0.15, 0.2) is 0 Å². The smallest absolute Gasteiger partial charge is 0.243 e. The number of H-pyrrole nitrogens is 1. The Bertz CT molecular complexity index is 1300. The van der Waals surface area contributed by atoms with Crippen LogP contribution >= 0.6 is 11.3 Å². The number of nitrogens with one attached hydrogen (secondary N) is 1. The van der Waals surface area contributed by atoms with Crippen LogP contribution < -0.4 is 26.4 Å². The number of imidazole rings is 1. The molecule has 0 amide bonds. The van der Waals surface area contributed by atoms with Gasteiger partial charge in [0.2, 0.25) is 11.5 Å². The van der Waals surface area contributed by atoms with Gasteiger partial charge in [-0.25, -0.2) is 14.1 Å². The second kappa shape index (κ2) is 9.58. The van der Waals surface area contributed by atoms with Crippen molar-refractivity contribution in [2.75, 3.05) is 18.0 Å². The van der Waals surface area contributed by atoms with Crippen molar-refractivity contribution in [2.45, 2.75) is 13.5 Å². The number of aromatic amines is 1. The van der Waals surface area contributed by atoms with Crippen molar-refractivity contribution in [3.05, 3.63) is 61.3 Å². The van der Waals surface area contributed by atoms with Crippen LogP contribution in [0.15, 0.2) is 71.5 Å². The third-order valence-electron chi connectivity index (χ3n) is 5.24. The summed E-state index contributed by atoms with van der Waals surface area (Å²) in [4.78, 5) is 6.92. The SMILES string of the molecule is CCN(CCn1cc[n+](C)c1)c1ccc(N=Nc2nc3cc4[nH]ncc4cc3s2)cc1.[Br-]. The minimum absolute atomic E-state index is 0. The van der Waals surface area contributed by atoms with Crippen LogP contribution in [0.2, 0.25) is 0 Å². The number of azo groups is 1. The molecule has 3 heterocycles. The lowest BCUT2D eigenvalue weighted by atomic mass is 10.2. The zero-order valence-corrected chi connectivity index (χ0v) is 20.2. The van der Waals surface area contributed by atoms with Crippen LogP contribution in [-0.4, -0.2) is 32.8 Å². The summed E-state index contributed by atoms with van der Waals surface area (Å²) in [5, 5.41) is 17.5. The van der Waals surface area contributed by atoms with Gasteiger partial charge < -0.3 is 21.9 Å². The van der Waals surface area contributed by atoms with E-state index in [1.54, 1.807) is 0 Å². The first-order chi connectivity index (χ1) is 15.2. The number of benzene rings is 2. The molecule has 0 atom stereocenters. The Morgan fingerprint density at radius 1 is 1.19 bits per heavy atom. The molecular weight excluding hydrogens is 488 g/mol. The molecule has 8 nitrogen and oxygen atoms in total. The van der Waals surface area contributed by atoms with Crippen LogP contribution in [-0.2, 0) is 13.6 Å². The van der Waals surface area contributed by atoms with E-state index >= 15 is 0 Å². The monoisotopic (exact) mass is 510 g/mol. The van der Waals surface area contributed by atoms with Crippen molar-refractivity contribution in [3.8, 4) is 0 Å². The summed E-state index contributed by atoms with van der Waals surface area (Å²) >= 11 is 1.53. The Hall–Kier alpha value is -3.11. The fourth-order valence-corrected chi connectivity index (χ4v) is 4.38. The largest absolute Gasteiger partial charge is 1.00 e. The molecule has 5 aromatic rings. The maximum Gasteiger partial charge on any atom is 0.243 e. The highest BCUT2D eigenvalue weighted by molar-refractivity contribution is 7.22. The molecule has 0 fully saturated rings. The maximum atomic E-state index is 4.57. The number of thiazole rings is 1. The van der Waals surface area contributed by atoms with E-state index in [-0.39, 0.29) is 17.0 Å². The molecule has 0 radical (unpaired) electrons. The number of aryl methyl sites for hydroxylation is 1. The third-order valence-corrected chi connectivity index (χ3v) is 6.14. The highest BCUT2D eigenvalue weighted by atomic mass is 79.9. The van der Waals surface area contributed by atoms with Crippen LogP contribution in [0.5, 0.6) is 0 Å². The van der Waals surface area contributed by atoms with E-state index in [1.807, 2.05) is 31.4 Å². The molecule has 2 aromatic carbocycles. The van der Waals surface area contributed by atoms with Gasteiger partial charge in [0.05, 0.1) is 41.2 Å². The molecule has 5 rings (SSSR count). The molecular formula is C22H23BrN8S. The lowest BCUT2D eigenvalue weighted by Crippen LogP contribution is -3.00. The zero-order chi connectivity index (χ0) is 21.2. The third kappa shape index (κ3) is 4.71. The summed E-state index contributed by atoms with van der Waals surface area (Å²) in [5.74, 6) is 0. The average Bonchev–Trinajstić information content (AvgIpc) is 3.50. The Morgan fingerprint density at radius 2 is 2.03 bits per heavy atom. The minimum atomic E-state index is 0. The maximum absolute atomic E-state index is 4.57. The average molecular weight is 511 g/mol. The normalized spacial score (nSPS) is 11.4. The van der Waals surface area contributed by atoms with E-state index in [0.717, 1.165) is 46.4 Å². The standard InChI is InChI=1S/C22H23N8S.BrH/c1-3-30(11-10-29-9-8-28(2)15-29)18-6-4-17(5-7-18)25-27-22-24-20-13-19-16(14-23-26-19)12-21(20)31-22;/h4-9,12-15H,3,10-11H2,1-2H3,(H,23,26);1H/q+1;/p-1. The molecule has 1 N–H and O–H groups in total. The number of nitrogens with zero attached hydrogens (tertiary/aromatic N) is 7. The molecule has 32 heavy (non-hydrogen) atoms.